The summed E-state index contributed by atoms with van der Waals surface area (Å²) >= 11 is 5.98. The first kappa shape index (κ1) is 22.5. The highest BCUT2D eigenvalue weighted by molar-refractivity contribution is 7.89. The number of nitrogens with zero attached hydrogens (tertiary/aromatic N) is 1. The van der Waals surface area contributed by atoms with E-state index in [9.17, 15) is 22.0 Å². The van der Waals surface area contributed by atoms with Crippen LogP contribution in [-0.2, 0) is 14.8 Å². The number of anilines is 1. The molecule has 162 valence electrons. The Morgan fingerprint density at radius 1 is 1.17 bits per heavy atom. The van der Waals surface area contributed by atoms with E-state index in [0.29, 0.717) is 19.4 Å². The van der Waals surface area contributed by atoms with Crippen molar-refractivity contribution < 1.29 is 26.7 Å². The Morgan fingerprint density at radius 3 is 2.50 bits per heavy atom. The molecule has 30 heavy (non-hydrogen) atoms. The monoisotopic (exact) mass is 458 g/mol. The van der Waals surface area contributed by atoms with E-state index in [1.165, 1.54) is 22.5 Å². The number of halogens is 3. The topological polar surface area (TPSA) is 75.7 Å². The number of hydrogen-bond acceptors (Lipinski definition) is 4. The van der Waals surface area contributed by atoms with E-state index in [-0.39, 0.29) is 40.4 Å². The van der Waals surface area contributed by atoms with Gasteiger partial charge in [0.2, 0.25) is 15.9 Å². The second-order valence-corrected chi connectivity index (χ2v) is 9.16. The molecule has 0 spiro atoms. The van der Waals surface area contributed by atoms with Gasteiger partial charge in [0, 0.05) is 35.8 Å². The number of hydrogen-bond donors (Lipinski definition) is 1. The van der Waals surface area contributed by atoms with Crippen molar-refractivity contribution in [3.8, 4) is 5.75 Å². The van der Waals surface area contributed by atoms with Crippen LogP contribution >= 0.6 is 11.6 Å². The molecule has 1 N–H and O–H groups in total. The standard InChI is InChI=1S/C20H21ClF2N2O4S/c1-2-29-18-6-3-14(21)11-19(18)30(27,28)25-9-7-13(8-10-25)20(26)24-15-4-5-16(22)17(23)12-15/h3-6,11-13H,2,7-10H2,1H3,(H,24,26). The lowest BCUT2D eigenvalue weighted by molar-refractivity contribution is -0.120. The smallest absolute Gasteiger partial charge is 0.246 e. The molecule has 0 unspecified atom stereocenters. The Bertz CT molecular complexity index is 1040. The van der Waals surface area contributed by atoms with Crippen LogP contribution in [0.2, 0.25) is 5.02 Å². The van der Waals surface area contributed by atoms with Crippen molar-refractivity contribution in [2.24, 2.45) is 5.92 Å². The van der Waals surface area contributed by atoms with E-state index >= 15 is 0 Å². The van der Waals surface area contributed by atoms with Crippen LogP contribution in [0.4, 0.5) is 14.5 Å². The van der Waals surface area contributed by atoms with E-state index in [2.05, 4.69) is 5.32 Å². The maximum Gasteiger partial charge on any atom is 0.246 e. The Hall–Kier alpha value is -2.23. The van der Waals surface area contributed by atoms with Crippen LogP contribution in [-0.4, -0.2) is 38.3 Å². The highest BCUT2D eigenvalue weighted by atomic mass is 35.5. The molecule has 1 fully saturated rings. The maximum atomic E-state index is 13.3. The molecule has 1 aliphatic heterocycles. The third-order valence-corrected chi connectivity index (χ3v) is 6.99. The van der Waals surface area contributed by atoms with Crippen LogP contribution in [0.5, 0.6) is 5.75 Å². The normalized spacial score (nSPS) is 15.7. The zero-order valence-electron chi connectivity index (χ0n) is 16.2. The van der Waals surface area contributed by atoms with Crippen LogP contribution in [0.15, 0.2) is 41.3 Å². The van der Waals surface area contributed by atoms with Gasteiger partial charge >= 0.3 is 0 Å². The molecule has 1 aliphatic rings. The van der Waals surface area contributed by atoms with E-state index in [1.54, 1.807) is 13.0 Å². The molecule has 1 amide bonds. The summed E-state index contributed by atoms with van der Waals surface area (Å²) < 4.78 is 59.2. The van der Waals surface area contributed by atoms with Crippen molar-refractivity contribution in [2.75, 3.05) is 25.0 Å². The summed E-state index contributed by atoms with van der Waals surface area (Å²) in [6, 6.07) is 7.53. The minimum absolute atomic E-state index is 0.0125. The van der Waals surface area contributed by atoms with Gasteiger partial charge in [0.15, 0.2) is 11.6 Å². The molecule has 1 saturated heterocycles. The lowest BCUT2D eigenvalue weighted by Gasteiger charge is -2.31. The molecule has 0 atom stereocenters. The Morgan fingerprint density at radius 2 is 1.87 bits per heavy atom. The highest BCUT2D eigenvalue weighted by Gasteiger charge is 2.34. The first-order chi connectivity index (χ1) is 14.2. The Kier molecular flexibility index (Phi) is 6.95. The molecular weight excluding hydrogens is 438 g/mol. The number of benzene rings is 2. The Balaban J connectivity index is 1.68. The van der Waals surface area contributed by atoms with Gasteiger partial charge in [-0.2, -0.15) is 4.31 Å². The lowest BCUT2D eigenvalue weighted by Crippen LogP contribution is -2.41. The van der Waals surface area contributed by atoms with Gasteiger partial charge in [-0.3, -0.25) is 4.79 Å². The molecule has 2 aromatic rings. The fourth-order valence-electron chi connectivity index (χ4n) is 3.27. The maximum absolute atomic E-state index is 13.3. The Labute approximate surface area is 178 Å². The number of nitrogens with one attached hydrogen (secondary N) is 1. The molecule has 6 nitrogen and oxygen atoms in total. The second kappa shape index (κ2) is 9.28. The number of rotatable bonds is 6. The molecular formula is C20H21ClF2N2O4S. The van der Waals surface area contributed by atoms with Crippen LogP contribution in [0.25, 0.3) is 0 Å². The van der Waals surface area contributed by atoms with Crippen LogP contribution in [0, 0.1) is 17.6 Å². The van der Waals surface area contributed by atoms with E-state index in [0.717, 1.165) is 12.1 Å². The van der Waals surface area contributed by atoms with Gasteiger partial charge < -0.3 is 10.1 Å². The first-order valence-corrected chi connectivity index (χ1v) is 11.2. The summed E-state index contributed by atoms with van der Waals surface area (Å²) in [6.45, 7) is 2.32. The molecule has 0 saturated carbocycles. The largest absolute Gasteiger partial charge is 0.492 e. The molecule has 3 rings (SSSR count). The van der Waals surface area contributed by atoms with Crippen molar-refractivity contribution in [1.29, 1.82) is 0 Å². The number of amides is 1. The lowest BCUT2D eigenvalue weighted by atomic mass is 9.97. The predicted molar refractivity (Wildman–Crippen MR) is 109 cm³/mol. The average molecular weight is 459 g/mol. The van der Waals surface area contributed by atoms with Gasteiger partial charge in [0.25, 0.3) is 0 Å². The molecule has 0 radical (unpaired) electrons. The number of carbonyl (C=O) groups excluding carboxylic acids is 1. The summed E-state index contributed by atoms with van der Waals surface area (Å²) in [4.78, 5) is 12.4. The predicted octanol–water partition coefficient (Wildman–Crippen LogP) is 4.06. The highest BCUT2D eigenvalue weighted by Crippen LogP contribution is 2.32. The van der Waals surface area contributed by atoms with Gasteiger partial charge in [-0.25, -0.2) is 17.2 Å². The van der Waals surface area contributed by atoms with Crippen molar-refractivity contribution in [1.82, 2.24) is 4.31 Å². The molecule has 1 heterocycles. The van der Waals surface area contributed by atoms with Crippen LogP contribution in [0.1, 0.15) is 19.8 Å². The summed E-state index contributed by atoms with van der Waals surface area (Å²) in [5.74, 6) is -2.65. The number of sulfonamides is 1. The minimum atomic E-state index is -3.85. The fourth-order valence-corrected chi connectivity index (χ4v) is 5.14. The van der Waals surface area contributed by atoms with Crippen molar-refractivity contribution in [3.63, 3.8) is 0 Å². The van der Waals surface area contributed by atoms with E-state index < -0.39 is 27.6 Å². The SMILES string of the molecule is CCOc1ccc(Cl)cc1S(=O)(=O)N1CCC(C(=O)Nc2ccc(F)c(F)c2)CC1. The minimum Gasteiger partial charge on any atom is -0.492 e. The first-order valence-electron chi connectivity index (χ1n) is 9.40. The molecule has 10 heteroatoms. The molecule has 0 bridgehead atoms. The van der Waals surface area contributed by atoms with Crippen molar-refractivity contribution in [3.05, 3.63) is 53.1 Å². The molecule has 2 aromatic carbocycles. The third-order valence-electron chi connectivity index (χ3n) is 4.84. The van der Waals surface area contributed by atoms with Gasteiger partial charge in [-0.05, 0) is 50.1 Å². The fraction of sp³-hybridized carbons (Fsp3) is 0.350. The number of piperidine rings is 1. The summed E-state index contributed by atoms with van der Waals surface area (Å²) in [5.41, 5.74) is 0.147. The van der Waals surface area contributed by atoms with Gasteiger partial charge in [-0.1, -0.05) is 11.6 Å². The zero-order chi connectivity index (χ0) is 21.9. The van der Waals surface area contributed by atoms with Crippen LogP contribution in [0.3, 0.4) is 0 Å². The van der Waals surface area contributed by atoms with Gasteiger partial charge in [-0.15, -0.1) is 0 Å². The van der Waals surface area contributed by atoms with Crippen molar-refractivity contribution >= 4 is 33.2 Å². The zero-order valence-corrected chi connectivity index (χ0v) is 17.8. The quantitative estimate of drug-likeness (QED) is 0.708. The van der Waals surface area contributed by atoms with Crippen LogP contribution < -0.4 is 10.1 Å². The average Bonchev–Trinajstić information content (AvgIpc) is 2.72. The molecule has 0 aliphatic carbocycles. The summed E-state index contributed by atoms with van der Waals surface area (Å²) in [6.07, 6.45) is 0.582. The van der Waals surface area contributed by atoms with Crippen molar-refractivity contribution in [2.45, 2.75) is 24.7 Å². The molecule has 0 aromatic heterocycles. The summed E-state index contributed by atoms with van der Waals surface area (Å²) in [7, 11) is -3.85. The van der Waals surface area contributed by atoms with E-state index in [1.807, 2.05) is 0 Å². The second-order valence-electron chi connectivity index (χ2n) is 6.82. The van der Waals surface area contributed by atoms with Gasteiger partial charge in [0.05, 0.1) is 6.61 Å². The third kappa shape index (κ3) is 4.91. The van der Waals surface area contributed by atoms with E-state index in [4.69, 9.17) is 16.3 Å². The number of carbonyl (C=O) groups is 1. The summed E-state index contributed by atoms with van der Waals surface area (Å²) in [5, 5.41) is 2.82. The number of ether oxygens (including phenoxy) is 1. The van der Waals surface area contributed by atoms with Gasteiger partial charge in [0.1, 0.15) is 10.6 Å².